The molecule has 1 N–H and O–H groups in total. The normalized spacial score (nSPS) is 19.9. The van der Waals surface area contributed by atoms with Crippen LogP contribution in [0.15, 0.2) is 24.5 Å². The van der Waals surface area contributed by atoms with Gasteiger partial charge in [0, 0.05) is 25.5 Å². The van der Waals surface area contributed by atoms with E-state index in [1.807, 2.05) is 17.4 Å². The van der Waals surface area contributed by atoms with Crippen LogP contribution in [0.2, 0.25) is 0 Å². The maximum atomic E-state index is 12.1. The Morgan fingerprint density at radius 2 is 2.09 bits per heavy atom. The van der Waals surface area contributed by atoms with Crippen LogP contribution in [0, 0.1) is 5.92 Å². The van der Waals surface area contributed by atoms with Crippen molar-refractivity contribution in [1.29, 1.82) is 0 Å². The molecule has 1 aromatic heterocycles. The van der Waals surface area contributed by atoms with Crippen molar-refractivity contribution in [3.8, 4) is 0 Å². The smallest absolute Gasteiger partial charge is 0.347 e. The zero-order chi connectivity index (χ0) is 16.0. The van der Waals surface area contributed by atoms with E-state index in [-0.39, 0.29) is 5.92 Å². The molecule has 1 fully saturated rings. The number of pyridine rings is 1. The van der Waals surface area contributed by atoms with Gasteiger partial charge in [-0.2, -0.15) is 13.2 Å². The summed E-state index contributed by atoms with van der Waals surface area (Å²) in [7, 11) is 0. The van der Waals surface area contributed by atoms with Crippen molar-refractivity contribution < 1.29 is 18.0 Å². The third kappa shape index (κ3) is 5.63. The zero-order valence-corrected chi connectivity index (χ0v) is 12.3. The van der Waals surface area contributed by atoms with E-state index in [1.54, 1.807) is 12.4 Å². The van der Waals surface area contributed by atoms with Crippen molar-refractivity contribution in [3.05, 3.63) is 30.1 Å². The first-order valence-electron chi connectivity index (χ1n) is 7.40. The van der Waals surface area contributed by atoms with Crippen LogP contribution in [-0.2, 0) is 11.2 Å². The molecule has 0 spiro atoms. The predicted molar refractivity (Wildman–Crippen MR) is 76.2 cm³/mol. The summed E-state index contributed by atoms with van der Waals surface area (Å²) in [5.41, 5.74) is 1.17. The van der Waals surface area contributed by atoms with Crippen LogP contribution >= 0.6 is 0 Å². The highest BCUT2D eigenvalue weighted by molar-refractivity contribution is 5.79. The Kier molecular flexibility index (Phi) is 5.76. The van der Waals surface area contributed by atoms with E-state index in [9.17, 15) is 18.0 Å². The Morgan fingerprint density at radius 1 is 1.36 bits per heavy atom. The third-order valence-corrected chi connectivity index (χ3v) is 3.81. The summed E-state index contributed by atoms with van der Waals surface area (Å²) in [5.74, 6) is -0.848. The van der Waals surface area contributed by atoms with E-state index >= 15 is 0 Å². The number of rotatable bonds is 5. The first-order valence-corrected chi connectivity index (χ1v) is 7.40. The molecule has 0 aliphatic carbocycles. The lowest BCUT2D eigenvalue weighted by Crippen LogP contribution is -2.45. The number of hydrogen-bond donors (Lipinski definition) is 1. The number of halogens is 3. The second-order valence-corrected chi connectivity index (χ2v) is 5.58. The van der Waals surface area contributed by atoms with Gasteiger partial charge in [-0.25, -0.2) is 0 Å². The average molecular weight is 315 g/mol. The number of alkyl halides is 3. The molecule has 0 bridgehead atoms. The molecule has 1 atom stereocenters. The van der Waals surface area contributed by atoms with E-state index in [4.69, 9.17) is 0 Å². The number of amides is 1. The van der Waals surface area contributed by atoms with Crippen LogP contribution in [0.25, 0.3) is 0 Å². The summed E-state index contributed by atoms with van der Waals surface area (Å²) in [6.07, 6.45) is 1.44. The first-order chi connectivity index (χ1) is 10.4. The van der Waals surface area contributed by atoms with E-state index in [0.29, 0.717) is 13.0 Å². The van der Waals surface area contributed by atoms with E-state index in [1.165, 1.54) is 5.56 Å². The predicted octanol–water partition coefficient (Wildman–Crippen LogP) is 2.01. The number of piperidine rings is 1. The fraction of sp³-hybridized carbons (Fsp3) is 0.600. The van der Waals surface area contributed by atoms with Gasteiger partial charge in [-0.05, 0) is 43.5 Å². The van der Waals surface area contributed by atoms with Gasteiger partial charge < -0.3 is 10.2 Å². The minimum atomic E-state index is -4.36. The number of aromatic nitrogens is 1. The molecule has 1 aliphatic rings. The highest BCUT2D eigenvalue weighted by atomic mass is 19.4. The summed E-state index contributed by atoms with van der Waals surface area (Å²) in [4.78, 5) is 17.9. The lowest BCUT2D eigenvalue weighted by atomic mass is 9.96. The Labute approximate surface area is 127 Å². The van der Waals surface area contributed by atoms with Crippen molar-refractivity contribution in [3.63, 3.8) is 0 Å². The van der Waals surface area contributed by atoms with E-state index in [2.05, 4.69) is 9.88 Å². The SMILES string of the molecule is O=C(NCC(F)(F)F)C1CCCN(CCc2ccncc2)C1. The first kappa shape index (κ1) is 16.7. The van der Waals surface area contributed by atoms with Gasteiger partial charge in [0.1, 0.15) is 6.54 Å². The van der Waals surface area contributed by atoms with Gasteiger partial charge in [0.15, 0.2) is 0 Å². The van der Waals surface area contributed by atoms with Gasteiger partial charge in [0.2, 0.25) is 5.91 Å². The Morgan fingerprint density at radius 3 is 2.77 bits per heavy atom. The minimum Gasteiger partial charge on any atom is -0.347 e. The Hall–Kier alpha value is -1.63. The molecule has 122 valence electrons. The molecule has 1 aliphatic heterocycles. The second kappa shape index (κ2) is 7.58. The number of carbonyl (C=O) groups is 1. The molecule has 0 saturated carbocycles. The largest absolute Gasteiger partial charge is 0.405 e. The highest BCUT2D eigenvalue weighted by Crippen LogP contribution is 2.18. The van der Waals surface area contributed by atoms with Crippen LogP contribution in [0.4, 0.5) is 13.2 Å². The van der Waals surface area contributed by atoms with Gasteiger partial charge in [-0.1, -0.05) is 0 Å². The van der Waals surface area contributed by atoms with E-state index < -0.39 is 18.6 Å². The minimum absolute atomic E-state index is 0.353. The molecular formula is C15H20F3N3O. The number of nitrogens with zero attached hydrogens (tertiary/aromatic N) is 2. The van der Waals surface area contributed by atoms with Crippen LogP contribution in [0.3, 0.4) is 0 Å². The van der Waals surface area contributed by atoms with Gasteiger partial charge in [-0.15, -0.1) is 0 Å². The van der Waals surface area contributed by atoms with Crippen molar-refractivity contribution in [2.45, 2.75) is 25.4 Å². The van der Waals surface area contributed by atoms with Gasteiger partial charge >= 0.3 is 6.18 Å². The summed E-state index contributed by atoms with van der Waals surface area (Å²) in [5, 5.41) is 1.99. The van der Waals surface area contributed by atoms with Crippen LogP contribution in [0.1, 0.15) is 18.4 Å². The topological polar surface area (TPSA) is 45.2 Å². The molecule has 1 amide bonds. The number of nitrogens with one attached hydrogen (secondary N) is 1. The summed E-state index contributed by atoms with van der Waals surface area (Å²) in [6.45, 7) is 0.954. The molecule has 1 aromatic rings. The molecule has 2 heterocycles. The van der Waals surface area contributed by atoms with Crippen molar-refractivity contribution >= 4 is 5.91 Å². The number of hydrogen-bond acceptors (Lipinski definition) is 3. The summed E-state index contributed by atoms with van der Waals surface area (Å²) >= 11 is 0. The van der Waals surface area contributed by atoms with Crippen LogP contribution < -0.4 is 5.32 Å². The lowest BCUT2D eigenvalue weighted by Gasteiger charge is -2.32. The Balaban J connectivity index is 1.77. The van der Waals surface area contributed by atoms with Crippen molar-refractivity contribution in [1.82, 2.24) is 15.2 Å². The third-order valence-electron chi connectivity index (χ3n) is 3.81. The second-order valence-electron chi connectivity index (χ2n) is 5.58. The standard InChI is InChI=1S/C15H20F3N3O/c16-15(17,18)11-20-14(22)13-2-1-8-21(10-13)9-5-12-3-6-19-7-4-12/h3-4,6-7,13H,1-2,5,8-11H2,(H,20,22). The van der Waals surface area contributed by atoms with Crippen LogP contribution in [-0.4, -0.2) is 48.1 Å². The molecule has 0 aromatic carbocycles. The molecule has 2 rings (SSSR count). The molecule has 4 nitrogen and oxygen atoms in total. The molecule has 1 saturated heterocycles. The van der Waals surface area contributed by atoms with Crippen molar-refractivity contribution in [2.24, 2.45) is 5.92 Å². The average Bonchev–Trinajstić information content (AvgIpc) is 2.51. The Bertz CT molecular complexity index is 479. The summed E-state index contributed by atoms with van der Waals surface area (Å²) in [6, 6.07) is 3.88. The van der Waals surface area contributed by atoms with Gasteiger partial charge in [0.05, 0.1) is 5.92 Å². The molecule has 7 heteroatoms. The highest BCUT2D eigenvalue weighted by Gasteiger charge is 2.31. The fourth-order valence-corrected chi connectivity index (χ4v) is 2.64. The maximum Gasteiger partial charge on any atom is 0.405 e. The number of carbonyl (C=O) groups excluding carboxylic acids is 1. The lowest BCUT2D eigenvalue weighted by molar-refractivity contribution is -0.141. The quantitative estimate of drug-likeness (QED) is 0.904. The monoisotopic (exact) mass is 315 g/mol. The molecule has 22 heavy (non-hydrogen) atoms. The van der Waals surface area contributed by atoms with Gasteiger partial charge in [-0.3, -0.25) is 9.78 Å². The summed E-state index contributed by atoms with van der Waals surface area (Å²) < 4.78 is 36.4. The van der Waals surface area contributed by atoms with Gasteiger partial charge in [0.25, 0.3) is 0 Å². The van der Waals surface area contributed by atoms with E-state index in [0.717, 1.165) is 25.9 Å². The molecule has 1 unspecified atom stereocenters. The fourth-order valence-electron chi connectivity index (χ4n) is 2.64. The molecular weight excluding hydrogens is 295 g/mol. The molecule has 0 radical (unpaired) electrons. The number of likely N-dealkylation sites (tertiary alicyclic amines) is 1. The zero-order valence-electron chi connectivity index (χ0n) is 12.3. The van der Waals surface area contributed by atoms with Crippen molar-refractivity contribution in [2.75, 3.05) is 26.2 Å². The van der Waals surface area contributed by atoms with Crippen LogP contribution in [0.5, 0.6) is 0 Å². The maximum absolute atomic E-state index is 12.1.